The summed E-state index contributed by atoms with van der Waals surface area (Å²) in [5, 5.41) is 18.1. The van der Waals surface area contributed by atoms with Gasteiger partial charge in [-0.2, -0.15) is 0 Å². The van der Waals surface area contributed by atoms with E-state index in [1.54, 1.807) is 19.1 Å². The number of rotatable bonds is 2. The summed E-state index contributed by atoms with van der Waals surface area (Å²) < 4.78 is 1.41. The highest BCUT2D eigenvalue weighted by molar-refractivity contribution is 5.52. The van der Waals surface area contributed by atoms with Gasteiger partial charge in [0, 0.05) is 6.07 Å². The molecule has 0 aliphatic carbocycles. The molecule has 0 bridgehead atoms. The Labute approximate surface area is 90.6 Å². The molecule has 0 saturated heterocycles. The van der Waals surface area contributed by atoms with E-state index in [9.17, 15) is 10.1 Å². The quantitative estimate of drug-likeness (QED) is 0.601. The third-order valence-electron chi connectivity index (χ3n) is 2.23. The molecule has 2 N–H and O–H groups in total. The number of anilines is 1. The number of hydrogen-bond acceptors (Lipinski definition) is 5. The molecule has 0 aliphatic heterocycles. The van der Waals surface area contributed by atoms with Gasteiger partial charge in [0.25, 0.3) is 5.69 Å². The van der Waals surface area contributed by atoms with Crippen LogP contribution in [0.1, 0.15) is 5.56 Å². The van der Waals surface area contributed by atoms with E-state index < -0.39 is 4.92 Å². The highest BCUT2D eigenvalue weighted by Gasteiger charge is 2.14. The predicted molar refractivity (Wildman–Crippen MR) is 57.2 cm³/mol. The average Bonchev–Trinajstić information content (AvgIpc) is 2.64. The smallest absolute Gasteiger partial charge is 0.274 e. The Hall–Kier alpha value is -2.44. The molecule has 7 nitrogen and oxygen atoms in total. The molecule has 0 unspecified atom stereocenters. The summed E-state index contributed by atoms with van der Waals surface area (Å²) in [7, 11) is 0. The van der Waals surface area contributed by atoms with Gasteiger partial charge in [-0.05, 0) is 13.0 Å². The molecule has 82 valence electrons. The Morgan fingerprint density at radius 1 is 1.50 bits per heavy atom. The fourth-order valence-electron chi connectivity index (χ4n) is 1.45. The summed E-state index contributed by atoms with van der Waals surface area (Å²) in [6, 6.07) is 4.76. The lowest BCUT2D eigenvalue weighted by Crippen LogP contribution is -2.01. The van der Waals surface area contributed by atoms with E-state index in [0.717, 1.165) is 0 Å². The van der Waals surface area contributed by atoms with Gasteiger partial charge in [-0.25, -0.2) is 4.68 Å². The molecule has 0 aliphatic rings. The molecular weight excluding hydrogens is 210 g/mol. The Bertz CT molecular complexity index is 549. The zero-order valence-electron chi connectivity index (χ0n) is 8.49. The van der Waals surface area contributed by atoms with E-state index in [4.69, 9.17) is 5.73 Å². The van der Waals surface area contributed by atoms with Crippen molar-refractivity contribution in [2.75, 3.05) is 5.73 Å². The summed E-state index contributed by atoms with van der Waals surface area (Å²) in [6.45, 7) is 1.66. The first-order chi connectivity index (χ1) is 7.59. The highest BCUT2D eigenvalue weighted by atomic mass is 16.6. The monoisotopic (exact) mass is 219 g/mol. The number of nitro groups is 1. The molecule has 0 radical (unpaired) electrons. The van der Waals surface area contributed by atoms with Crippen LogP contribution in [0.2, 0.25) is 0 Å². The Balaban J connectivity index is 2.58. The molecule has 0 atom stereocenters. The van der Waals surface area contributed by atoms with E-state index in [1.807, 2.05) is 0 Å². The number of benzene rings is 1. The third kappa shape index (κ3) is 1.58. The minimum Gasteiger partial charge on any atom is -0.381 e. The van der Waals surface area contributed by atoms with Gasteiger partial charge >= 0.3 is 0 Å². The summed E-state index contributed by atoms with van der Waals surface area (Å²) in [5.74, 6) is 0.269. The first-order valence-corrected chi connectivity index (χ1v) is 4.52. The minimum atomic E-state index is -0.431. The number of nitrogens with two attached hydrogens (primary N) is 1. The zero-order chi connectivity index (χ0) is 11.7. The molecule has 7 heteroatoms. The number of hydrogen-bond donors (Lipinski definition) is 1. The Morgan fingerprint density at radius 2 is 2.25 bits per heavy atom. The van der Waals surface area contributed by atoms with Gasteiger partial charge in [0.1, 0.15) is 0 Å². The fraction of sp³-hybridized carbons (Fsp3) is 0.111. The van der Waals surface area contributed by atoms with Crippen LogP contribution in [0.3, 0.4) is 0 Å². The third-order valence-corrected chi connectivity index (χ3v) is 2.23. The molecule has 0 saturated carbocycles. The van der Waals surface area contributed by atoms with Crippen molar-refractivity contribution in [3.05, 3.63) is 40.1 Å². The molecule has 1 aromatic carbocycles. The number of aromatic nitrogens is 3. The van der Waals surface area contributed by atoms with Crippen molar-refractivity contribution in [1.29, 1.82) is 0 Å². The van der Waals surface area contributed by atoms with Crippen LogP contribution >= 0.6 is 0 Å². The zero-order valence-corrected chi connectivity index (χ0v) is 8.49. The van der Waals surface area contributed by atoms with Gasteiger partial charge in [-0.1, -0.05) is 11.3 Å². The minimum absolute atomic E-state index is 0.0478. The van der Waals surface area contributed by atoms with Crippen LogP contribution < -0.4 is 5.73 Å². The predicted octanol–water partition coefficient (Wildman–Crippen LogP) is 1.07. The maximum Gasteiger partial charge on any atom is 0.274 e. The molecule has 1 aromatic heterocycles. The maximum atomic E-state index is 10.7. The van der Waals surface area contributed by atoms with Crippen LogP contribution in [-0.4, -0.2) is 19.9 Å². The van der Waals surface area contributed by atoms with Crippen molar-refractivity contribution in [3.8, 4) is 5.69 Å². The van der Waals surface area contributed by atoms with E-state index in [0.29, 0.717) is 11.3 Å². The molecule has 16 heavy (non-hydrogen) atoms. The second kappa shape index (κ2) is 3.61. The molecular formula is C9H9N5O2. The Kier molecular flexibility index (Phi) is 2.28. The SMILES string of the molecule is Cc1c(-n2cc(N)nn2)cccc1[N+](=O)[O-]. The Morgan fingerprint density at radius 3 is 2.81 bits per heavy atom. The van der Waals surface area contributed by atoms with E-state index in [-0.39, 0.29) is 11.5 Å². The number of nitro benzene ring substituents is 1. The molecule has 2 aromatic rings. The lowest BCUT2D eigenvalue weighted by molar-refractivity contribution is -0.385. The van der Waals surface area contributed by atoms with Crippen LogP contribution in [-0.2, 0) is 0 Å². The van der Waals surface area contributed by atoms with Gasteiger partial charge < -0.3 is 5.73 Å². The normalized spacial score (nSPS) is 10.3. The van der Waals surface area contributed by atoms with Crippen LogP contribution in [0, 0.1) is 17.0 Å². The van der Waals surface area contributed by atoms with Crippen molar-refractivity contribution in [2.45, 2.75) is 6.92 Å². The van der Waals surface area contributed by atoms with E-state index >= 15 is 0 Å². The number of nitrogens with zero attached hydrogens (tertiary/aromatic N) is 4. The molecule has 0 spiro atoms. The van der Waals surface area contributed by atoms with Gasteiger partial charge in [-0.3, -0.25) is 10.1 Å². The van der Waals surface area contributed by atoms with Gasteiger partial charge in [0.05, 0.1) is 22.4 Å². The van der Waals surface area contributed by atoms with Gasteiger partial charge in [-0.15, -0.1) is 5.10 Å². The van der Waals surface area contributed by atoms with Crippen molar-refractivity contribution in [1.82, 2.24) is 15.0 Å². The topological polar surface area (TPSA) is 99.9 Å². The van der Waals surface area contributed by atoms with Crippen molar-refractivity contribution in [2.24, 2.45) is 0 Å². The molecule has 0 amide bonds. The van der Waals surface area contributed by atoms with E-state index in [1.165, 1.54) is 16.9 Å². The fourth-order valence-corrected chi connectivity index (χ4v) is 1.45. The van der Waals surface area contributed by atoms with Gasteiger partial charge in [0.2, 0.25) is 0 Å². The first kappa shape index (κ1) is 10.1. The standard InChI is InChI=1S/C9H9N5O2/c1-6-7(13-5-9(10)11-12-13)3-2-4-8(6)14(15)16/h2-5H,10H2,1H3. The van der Waals surface area contributed by atoms with Crippen LogP contribution in [0.15, 0.2) is 24.4 Å². The molecule has 0 fully saturated rings. The summed E-state index contributed by atoms with van der Waals surface area (Å²) >= 11 is 0. The lowest BCUT2D eigenvalue weighted by Gasteiger charge is -2.04. The van der Waals surface area contributed by atoms with Crippen molar-refractivity contribution in [3.63, 3.8) is 0 Å². The number of nitrogen functional groups attached to an aromatic ring is 1. The molecule has 2 rings (SSSR count). The first-order valence-electron chi connectivity index (χ1n) is 4.52. The van der Waals surface area contributed by atoms with Crippen LogP contribution in [0.4, 0.5) is 11.5 Å². The summed E-state index contributed by atoms with van der Waals surface area (Å²) in [4.78, 5) is 10.3. The van der Waals surface area contributed by atoms with E-state index in [2.05, 4.69) is 10.3 Å². The summed E-state index contributed by atoms with van der Waals surface area (Å²) in [6.07, 6.45) is 1.51. The summed E-state index contributed by atoms with van der Waals surface area (Å²) in [5.41, 5.74) is 6.60. The second-order valence-corrected chi connectivity index (χ2v) is 3.27. The van der Waals surface area contributed by atoms with Gasteiger partial charge in [0.15, 0.2) is 5.82 Å². The largest absolute Gasteiger partial charge is 0.381 e. The highest BCUT2D eigenvalue weighted by Crippen LogP contribution is 2.23. The van der Waals surface area contributed by atoms with Crippen LogP contribution in [0.25, 0.3) is 5.69 Å². The van der Waals surface area contributed by atoms with Crippen molar-refractivity contribution >= 4 is 11.5 Å². The lowest BCUT2D eigenvalue weighted by atomic mass is 10.1. The average molecular weight is 219 g/mol. The van der Waals surface area contributed by atoms with Crippen molar-refractivity contribution < 1.29 is 4.92 Å². The molecule has 1 heterocycles. The second-order valence-electron chi connectivity index (χ2n) is 3.27. The maximum absolute atomic E-state index is 10.7. The van der Waals surface area contributed by atoms with Crippen LogP contribution in [0.5, 0.6) is 0 Å².